The van der Waals surface area contributed by atoms with E-state index in [-0.39, 0.29) is 37.3 Å². The van der Waals surface area contributed by atoms with Crippen LogP contribution in [0.4, 0.5) is 22.7 Å². The summed E-state index contributed by atoms with van der Waals surface area (Å²) in [6.45, 7) is 22.4. The van der Waals surface area contributed by atoms with E-state index >= 15 is 0 Å². The van der Waals surface area contributed by atoms with Crippen LogP contribution in [-0.2, 0) is 37.3 Å². The van der Waals surface area contributed by atoms with E-state index in [9.17, 15) is 0 Å². The molecule has 0 unspecified atom stereocenters. The Bertz CT molecular complexity index is 2800. The molecule has 1 aliphatic rings. The molecule has 0 fully saturated rings. The summed E-state index contributed by atoms with van der Waals surface area (Å²) in [5.41, 5.74) is 9.85. The molecule has 0 N–H and O–H groups in total. The SMILES string of the molecule is CC(C)(C)c1cc(Oc2[c-]c3c(cc2)c2sc4ccccc4c2n3-c2cc(C(C)(C)C)ccn2)[c-]c(N2[CH-]N(c3ccccc3C(C)(C)C)c3ccccc32)c1.[Pt]. The van der Waals surface area contributed by atoms with Gasteiger partial charge in [-0.25, -0.2) is 4.98 Å². The maximum atomic E-state index is 6.82. The Morgan fingerprint density at radius 3 is 2.00 bits per heavy atom. The van der Waals surface area contributed by atoms with Crippen molar-refractivity contribution in [1.29, 1.82) is 0 Å². The summed E-state index contributed by atoms with van der Waals surface area (Å²) in [7, 11) is 0. The molecule has 0 aliphatic carbocycles. The number of pyridine rings is 1. The van der Waals surface area contributed by atoms with Gasteiger partial charge in [0.2, 0.25) is 0 Å². The molecule has 0 saturated carbocycles. The van der Waals surface area contributed by atoms with Crippen LogP contribution in [0.2, 0.25) is 0 Å². The molecule has 57 heavy (non-hydrogen) atoms. The van der Waals surface area contributed by atoms with Crippen molar-refractivity contribution in [3.05, 3.63) is 151 Å². The fraction of sp³-hybridized carbons (Fsp3) is 0.240. The molecule has 8 aromatic rings. The zero-order valence-corrected chi connectivity index (χ0v) is 37.1. The van der Waals surface area contributed by atoms with Crippen molar-refractivity contribution in [2.24, 2.45) is 0 Å². The maximum Gasteiger partial charge on any atom is 0.135 e. The van der Waals surface area contributed by atoms with Gasteiger partial charge < -0.3 is 19.1 Å². The van der Waals surface area contributed by atoms with E-state index in [1.54, 1.807) is 0 Å². The first kappa shape index (κ1) is 38.9. The topological polar surface area (TPSA) is 33.5 Å². The molecule has 0 bridgehead atoms. The maximum absolute atomic E-state index is 6.82. The Labute approximate surface area is 355 Å². The summed E-state index contributed by atoms with van der Waals surface area (Å²) >= 11 is 1.81. The van der Waals surface area contributed by atoms with Gasteiger partial charge in [-0.2, -0.15) is 6.07 Å². The van der Waals surface area contributed by atoms with Gasteiger partial charge in [-0.05, 0) is 63.8 Å². The molecule has 0 radical (unpaired) electrons. The largest absolute Gasteiger partial charge is 0.509 e. The minimum atomic E-state index is -0.142. The van der Waals surface area contributed by atoms with E-state index in [1.807, 2.05) is 23.6 Å². The molecule has 9 rings (SSSR count). The molecule has 7 heteroatoms. The van der Waals surface area contributed by atoms with Gasteiger partial charge in [0, 0.05) is 70.6 Å². The molecule has 0 amide bonds. The monoisotopic (exact) mass is 946 g/mol. The fourth-order valence-electron chi connectivity index (χ4n) is 7.75. The first-order valence-corrected chi connectivity index (χ1v) is 20.2. The number of hydrogen-bond acceptors (Lipinski definition) is 5. The molecule has 1 aliphatic heterocycles. The van der Waals surface area contributed by atoms with Crippen molar-refractivity contribution in [3.8, 4) is 17.3 Å². The number of nitrogens with zero attached hydrogens (tertiary/aromatic N) is 4. The molecule has 292 valence electrons. The fourth-order valence-corrected chi connectivity index (χ4v) is 8.96. The molecule has 0 spiro atoms. The number of fused-ring (bicyclic) bond motifs is 6. The normalized spacial score (nSPS) is 13.4. The molecular formula is C50H47N4OPtS-3. The Morgan fingerprint density at radius 2 is 1.28 bits per heavy atom. The third-order valence-electron chi connectivity index (χ3n) is 10.8. The number of thiophene rings is 1. The zero-order valence-electron chi connectivity index (χ0n) is 34.0. The molecule has 0 atom stereocenters. The first-order chi connectivity index (χ1) is 26.6. The number of rotatable bonds is 5. The molecular weight excluding hydrogens is 900 g/mol. The number of aromatic nitrogens is 2. The summed E-state index contributed by atoms with van der Waals surface area (Å²) in [6.07, 6.45) is 1.92. The van der Waals surface area contributed by atoms with E-state index in [4.69, 9.17) is 9.72 Å². The van der Waals surface area contributed by atoms with Gasteiger partial charge in [0.25, 0.3) is 0 Å². The van der Waals surface area contributed by atoms with Crippen LogP contribution >= 0.6 is 11.3 Å². The van der Waals surface area contributed by atoms with Gasteiger partial charge in [0.1, 0.15) is 5.82 Å². The van der Waals surface area contributed by atoms with Crippen LogP contribution in [0.1, 0.15) is 79.0 Å². The number of para-hydroxylation sites is 3. The first-order valence-electron chi connectivity index (χ1n) is 19.4. The van der Waals surface area contributed by atoms with Crippen LogP contribution in [0.5, 0.6) is 11.5 Å². The quantitative estimate of drug-likeness (QED) is 0.161. The number of anilines is 4. The van der Waals surface area contributed by atoms with Gasteiger partial charge in [-0.15, -0.1) is 59.6 Å². The summed E-state index contributed by atoms with van der Waals surface area (Å²) < 4.78 is 11.6. The molecule has 5 nitrogen and oxygen atoms in total. The summed E-state index contributed by atoms with van der Waals surface area (Å²) in [4.78, 5) is 9.49. The Balaban J connectivity index is 0.00000455. The van der Waals surface area contributed by atoms with E-state index in [2.05, 4.69) is 199 Å². The number of hydrogen-bond donors (Lipinski definition) is 0. The predicted molar refractivity (Wildman–Crippen MR) is 236 cm³/mol. The summed E-state index contributed by atoms with van der Waals surface area (Å²) in [5, 5.41) is 2.34. The van der Waals surface area contributed by atoms with Crippen LogP contribution < -0.4 is 14.5 Å². The van der Waals surface area contributed by atoms with E-state index in [0.717, 1.165) is 44.9 Å². The average Bonchev–Trinajstić information content (AvgIpc) is 3.83. The molecule has 3 aromatic heterocycles. The number of ether oxygens (including phenoxy) is 1. The van der Waals surface area contributed by atoms with Gasteiger partial charge in [0.15, 0.2) is 0 Å². The zero-order chi connectivity index (χ0) is 39.1. The summed E-state index contributed by atoms with van der Waals surface area (Å²) in [6, 6.07) is 46.2. The van der Waals surface area contributed by atoms with Crippen LogP contribution in [0.25, 0.3) is 37.0 Å². The number of benzene rings is 5. The summed E-state index contributed by atoms with van der Waals surface area (Å²) in [5.74, 6) is 2.14. The van der Waals surface area contributed by atoms with Gasteiger partial charge in [-0.3, -0.25) is 0 Å². The van der Waals surface area contributed by atoms with Crippen LogP contribution in [0, 0.1) is 18.8 Å². The van der Waals surface area contributed by atoms with Crippen molar-refractivity contribution in [2.75, 3.05) is 9.80 Å². The molecule has 0 saturated heterocycles. The van der Waals surface area contributed by atoms with Crippen molar-refractivity contribution in [3.63, 3.8) is 0 Å². The average molecular weight is 947 g/mol. The Morgan fingerprint density at radius 1 is 0.614 bits per heavy atom. The second-order valence-electron chi connectivity index (χ2n) is 17.9. The third kappa shape index (κ3) is 6.95. The van der Waals surface area contributed by atoms with Crippen molar-refractivity contribution in [2.45, 2.75) is 78.6 Å². The van der Waals surface area contributed by atoms with Crippen LogP contribution in [0.15, 0.2) is 115 Å². The van der Waals surface area contributed by atoms with Gasteiger partial charge in [0.05, 0.1) is 5.52 Å². The molecule has 5 aromatic carbocycles. The van der Waals surface area contributed by atoms with Gasteiger partial charge >= 0.3 is 0 Å². The standard InChI is InChI=1S/C50H47N4OS.Pt/c1-48(2,3)32-24-25-51-45(28-32)54-43-30-35(22-23-37(43)47-46(54)38-16-10-15-21-44(38)56-47)55-36-27-33(49(4,5)6)26-34(29-36)52-31-53(42-20-14-13-19-41(42)52)40-18-12-11-17-39(40)50(7,8)9;/h10-28,31H,1-9H3;/q-3;. The minimum Gasteiger partial charge on any atom is -0.509 e. The minimum absolute atomic E-state index is 0. The van der Waals surface area contributed by atoms with Crippen molar-refractivity contribution < 1.29 is 25.8 Å². The van der Waals surface area contributed by atoms with Crippen molar-refractivity contribution >= 4 is 65.3 Å². The van der Waals surface area contributed by atoms with Gasteiger partial charge in [-0.1, -0.05) is 122 Å². The second kappa shape index (κ2) is 14.2. The van der Waals surface area contributed by atoms with Crippen LogP contribution in [0.3, 0.4) is 0 Å². The second-order valence-corrected chi connectivity index (χ2v) is 19.0. The Kier molecular flexibility index (Phi) is 9.69. The van der Waals surface area contributed by atoms with Crippen LogP contribution in [-0.4, -0.2) is 9.55 Å². The Hall–Kier alpha value is -4.90. The smallest absolute Gasteiger partial charge is 0.135 e. The predicted octanol–water partition coefficient (Wildman–Crippen LogP) is 14.1. The third-order valence-corrected chi connectivity index (χ3v) is 12.0. The molecule has 4 heterocycles. The van der Waals surface area contributed by atoms with E-state index in [1.165, 1.54) is 31.6 Å². The van der Waals surface area contributed by atoms with E-state index < -0.39 is 0 Å². The van der Waals surface area contributed by atoms with Crippen molar-refractivity contribution in [1.82, 2.24) is 9.55 Å². The van der Waals surface area contributed by atoms with E-state index in [0.29, 0.717) is 11.5 Å².